The van der Waals surface area contributed by atoms with E-state index in [1.807, 2.05) is 36.4 Å². The summed E-state index contributed by atoms with van der Waals surface area (Å²) in [5, 5.41) is 4.28. The zero-order valence-electron chi connectivity index (χ0n) is 11.9. The Morgan fingerprint density at radius 1 is 1.19 bits per heavy atom. The average Bonchev–Trinajstić information content (AvgIpc) is 2.91. The fraction of sp³-hybridized carbons (Fsp3) is 0.400. The number of hydrogen-bond acceptors (Lipinski definition) is 5. The molecule has 2 heterocycles. The molecule has 1 aromatic heterocycles. The minimum absolute atomic E-state index is 0.585. The van der Waals surface area contributed by atoms with Crippen LogP contribution in [-0.2, 0) is 4.74 Å². The van der Waals surface area contributed by atoms with Gasteiger partial charge in [-0.2, -0.15) is 0 Å². The summed E-state index contributed by atoms with van der Waals surface area (Å²) in [4.78, 5) is 3.61. The number of nitrogen functional groups attached to an aromatic ring is 1. The minimum atomic E-state index is 0.585. The first-order valence-corrected chi connectivity index (χ1v) is 7.16. The first kappa shape index (κ1) is 13.9. The van der Waals surface area contributed by atoms with Crippen LogP contribution in [-0.4, -0.2) is 54.2 Å². The SMILES string of the molecule is Nn1nc(-c2ccccc2)cc1OCCN1CCOCC1. The lowest BCUT2D eigenvalue weighted by atomic mass is 10.2. The highest BCUT2D eigenvalue weighted by molar-refractivity contribution is 5.59. The molecule has 0 saturated carbocycles. The summed E-state index contributed by atoms with van der Waals surface area (Å²) in [6.07, 6.45) is 0. The Balaban J connectivity index is 1.57. The summed E-state index contributed by atoms with van der Waals surface area (Å²) in [6.45, 7) is 4.98. The van der Waals surface area contributed by atoms with Gasteiger partial charge in [0.15, 0.2) is 0 Å². The molecule has 0 aliphatic carbocycles. The zero-order valence-corrected chi connectivity index (χ0v) is 11.9. The van der Waals surface area contributed by atoms with Crippen LogP contribution in [0.3, 0.4) is 0 Å². The molecule has 21 heavy (non-hydrogen) atoms. The second kappa shape index (κ2) is 6.60. The molecule has 0 atom stereocenters. The molecule has 6 nitrogen and oxygen atoms in total. The molecule has 0 unspecified atom stereocenters. The Morgan fingerprint density at radius 2 is 1.95 bits per heavy atom. The molecule has 1 fully saturated rings. The van der Waals surface area contributed by atoms with Crippen LogP contribution in [0.4, 0.5) is 0 Å². The molecule has 1 aliphatic rings. The summed E-state index contributed by atoms with van der Waals surface area (Å²) in [6, 6.07) is 11.8. The van der Waals surface area contributed by atoms with E-state index in [0.717, 1.165) is 44.1 Å². The van der Waals surface area contributed by atoms with Crippen molar-refractivity contribution in [3.8, 4) is 17.1 Å². The second-order valence-electron chi connectivity index (χ2n) is 4.98. The van der Waals surface area contributed by atoms with E-state index in [0.29, 0.717) is 12.5 Å². The van der Waals surface area contributed by atoms with Crippen LogP contribution >= 0.6 is 0 Å². The van der Waals surface area contributed by atoms with E-state index in [2.05, 4.69) is 10.00 Å². The van der Waals surface area contributed by atoms with Crippen molar-refractivity contribution in [3.05, 3.63) is 36.4 Å². The predicted molar refractivity (Wildman–Crippen MR) is 80.6 cm³/mol. The van der Waals surface area contributed by atoms with Gasteiger partial charge in [0, 0.05) is 31.3 Å². The highest BCUT2D eigenvalue weighted by atomic mass is 16.5. The van der Waals surface area contributed by atoms with E-state index >= 15 is 0 Å². The van der Waals surface area contributed by atoms with Gasteiger partial charge in [-0.1, -0.05) is 30.3 Å². The highest BCUT2D eigenvalue weighted by Gasteiger charge is 2.12. The van der Waals surface area contributed by atoms with Crippen LogP contribution in [0.25, 0.3) is 11.3 Å². The van der Waals surface area contributed by atoms with Crippen molar-refractivity contribution in [1.82, 2.24) is 14.8 Å². The normalized spacial score (nSPS) is 16.0. The number of rotatable bonds is 5. The third-order valence-corrected chi connectivity index (χ3v) is 3.53. The van der Waals surface area contributed by atoms with E-state index < -0.39 is 0 Å². The molecular weight excluding hydrogens is 268 g/mol. The van der Waals surface area contributed by atoms with Crippen LogP contribution in [0.1, 0.15) is 0 Å². The molecule has 1 saturated heterocycles. The fourth-order valence-electron chi connectivity index (χ4n) is 2.34. The lowest BCUT2D eigenvalue weighted by Crippen LogP contribution is -2.38. The molecule has 0 amide bonds. The lowest BCUT2D eigenvalue weighted by molar-refractivity contribution is 0.0318. The smallest absolute Gasteiger partial charge is 0.232 e. The number of nitrogens with zero attached hydrogens (tertiary/aromatic N) is 3. The standard InChI is InChI=1S/C15H20N4O2/c16-19-15(21-11-8-18-6-9-20-10-7-18)12-14(17-19)13-4-2-1-3-5-13/h1-5,12H,6-11,16H2. The molecule has 1 aliphatic heterocycles. The van der Waals surface area contributed by atoms with Crippen molar-refractivity contribution < 1.29 is 9.47 Å². The summed E-state index contributed by atoms with van der Waals surface area (Å²) in [7, 11) is 0. The predicted octanol–water partition coefficient (Wildman–Crippen LogP) is 0.975. The van der Waals surface area contributed by atoms with E-state index in [-0.39, 0.29) is 0 Å². The molecule has 2 N–H and O–H groups in total. The van der Waals surface area contributed by atoms with Gasteiger partial charge in [-0.15, -0.1) is 9.89 Å². The van der Waals surface area contributed by atoms with E-state index in [1.54, 1.807) is 0 Å². The van der Waals surface area contributed by atoms with Gasteiger partial charge >= 0.3 is 0 Å². The summed E-state index contributed by atoms with van der Waals surface area (Å²) < 4.78 is 11.1. The van der Waals surface area contributed by atoms with Crippen molar-refractivity contribution in [2.24, 2.45) is 0 Å². The molecule has 0 radical (unpaired) electrons. The monoisotopic (exact) mass is 288 g/mol. The Hall–Kier alpha value is -2.05. The third kappa shape index (κ3) is 3.53. The highest BCUT2D eigenvalue weighted by Crippen LogP contribution is 2.21. The Morgan fingerprint density at radius 3 is 2.71 bits per heavy atom. The molecule has 2 aromatic rings. The van der Waals surface area contributed by atoms with Crippen LogP contribution in [0.15, 0.2) is 36.4 Å². The Bertz CT molecular complexity index is 564. The van der Waals surface area contributed by atoms with Gasteiger partial charge in [-0.25, -0.2) is 0 Å². The lowest BCUT2D eigenvalue weighted by Gasteiger charge is -2.26. The van der Waals surface area contributed by atoms with Crippen LogP contribution in [0.2, 0.25) is 0 Å². The summed E-state index contributed by atoms with van der Waals surface area (Å²) in [5.41, 5.74) is 1.85. The van der Waals surface area contributed by atoms with Gasteiger partial charge in [0.25, 0.3) is 0 Å². The van der Waals surface area contributed by atoms with Crippen molar-refractivity contribution >= 4 is 0 Å². The number of morpholine rings is 1. The number of benzene rings is 1. The number of aromatic nitrogens is 2. The number of nitrogens with two attached hydrogens (primary N) is 1. The average molecular weight is 288 g/mol. The third-order valence-electron chi connectivity index (χ3n) is 3.53. The molecule has 6 heteroatoms. The van der Waals surface area contributed by atoms with Gasteiger partial charge in [-0.3, -0.25) is 4.90 Å². The maximum absolute atomic E-state index is 5.84. The summed E-state index contributed by atoms with van der Waals surface area (Å²) in [5.74, 6) is 6.43. The molecular formula is C15H20N4O2. The zero-order chi connectivity index (χ0) is 14.5. The van der Waals surface area contributed by atoms with Crippen LogP contribution < -0.4 is 10.6 Å². The minimum Gasteiger partial charge on any atom is -0.475 e. The van der Waals surface area contributed by atoms with Crippen LogP contribution in [0.5, 0.6) is 5.88 Å². The molecule has 0 spiro atoms. The topological polar surface area (TPSA) is 65.5 Å². The Kier molecular flexibility index (Phi) is 4.37. The maximum atomic E-state index is 5.84. The first-order chi connectivity index (χ1) is 10.3. The van der Waals surface area contributed by atoms with Gasteiger partial charge in [-0.05, 0) is 0 Å². The van der Waals surface area contributed by atoms with Gasteiger partial charge < -0.3 is 15.3 Å². The van der Waals surface area contributed by atoms with E-state index in [1.165, 1.54) is 4.79 Å². The number of ether oxygens (including phenoxy) is 2. The summed E-state index contributed by atoms with van der Waals surface area (Å²) >= 11 is 0. The molecule has 1 aromatic carbocycles. The van der Waals surface area contributed by atoms with Gasteiger partial charge in [0.1, 0.15) is 6.61 Å². The second-order valence-corrected chi connectivity index (χ2v) is 4.98. The van der Waals surface area contributed by atoms with Gasteiger partial charge in [0.05, 0.1) is 18.9 Å². The molecule has 112 valence electrons. The number of hydrogen-bond donors (Lipinski definition) is 1. The van der Waals surface area contributed by atoms with E-state index in [9.17, 15) is 0 Å². The maximum Gasteiger partial charge on any atom is 0.232 e. The van der Waals surface area contributed by atoms with E-state index in [4.69, 9.17) is 15.3 Å². The van der Waals surface area contributed by atoms with Crippen molar-refractivity contribution in [3.63, 3.8) is 0 Å². The fourth-order valence-corrected chi connectivity index (χ4v) is 2.34. The largest absolute Gasteiger partial charge is 0.475 e. The van der Waals surface area contributed by atoms with Gasteiger partial charge in [0.2, 0.25) is 5.88 Å². The molecule has 0 bridgehead atoms. The van der Waals surface area contributed by atoms with Crippen molar-refractivity contribution in [2.75, 3.05) is 45.3 Å². The quantitative estimate of drug-likeness (QED) is 0.831. The van der Waals surface area contributed by atoms with Crippen LogP contribution in [0, 0.1) is 0 Å². The first-order valence-electron chi connectivity index (χ1n) is 7.16. The Labute approximate surface area is 124 Å². The van der Waals surface area contributed by atoms with Crippen molar-refractivity contribution in [1.29, 1.82) is 0 Å². The molecule has 3 rings (SSSR count). The van der Waals surface area contributed by atoms with Crippen molar-refractivity contribution in [2.45, 2.75) is 0 Å².